The first-order valence-corrected chi connectivity index (χ1v) is 3.89. The molecule has 0 aromatic rings. The largest absolute Gasteiger partial charge is 0.326 e. The topological polar surface area (TPSA) is 26.0 Å². The Bertz CT molecular complexity index is 53.6. The lowest BCUT2D eigenvalue weighted by molar-refractivity contribution is 0.501. The highest BCUT2D eigenvalue weighted by Gasteiger charge is 2.14. The van der Waals surface area contributed by atoms with Crippen molar-refractivity contribution in [2.24, 2.45) is 5.73 Å². The van der Waals surface area contributed by atoms with Gasteiger partial charge in [-0.15, -0.1) is 0 Å². The Labute approximate surface area is 48.7 Å². The van der Waals surface area contributed by atoms with Crippen LogP contribution in [0.1, 0.15) is 20.8 Å². The molecule has 0 spiro atoms. The highest BCUT2D eigenvalue weighted by Crippen LogP contribution is 2.12. The number of nitrogens with two attached hydrogens (primary N) is 1. The molecule has 1 unspecified atom stereocenters. The molecular weight excluding hydrogens is 102 g/mol. The van der Waals surface area contributed by atoms with Gasteiger partial charge in [0.25, 0.3) is 0 Å². The average molecular weight is 117 g/mol. The summed E-state index contributed by atoms with van der Waals surface area (Å²) in [5, 5.41) is 0. The monoisotopic (exact) mass is 117 g/mol. The molecule has 0 saturated carbocycles. The summed E-state index contributed by atoms with van der Waals surface area (Å²) in [5.41, 5.74) is 6.49. The van der Waals surface area contributed by atoms with Gasteiger partial charge < -0.3 is 5.73 Å². The molecule has 0 saturated heterocycles. The van der Waals surface area contributed by atoms with Crippen LogP contribution < -0.4 is 5.73 Å². The Morgan fingerprint density at radius 2 is 1.71 bits per heavy atom. The van der Waals surface area contributed by atoms with Crippen molar-refractivity contribution < 1.29 is 0 Å². The van der Waals surface area contributed by atoms with E-state index in [1.807, 2.05) is 0 Å². The van der Waals surface area contributed by atoms with Gasteiger partial charge in [-0.2, -0.15) is 0 Å². The van der Waals surface area contributed by atoms with E-state index >= 15 is 0 Å². The normalized spacial score (nSPS) is 17.1. The SMILES string of the molecule is CC([SiH3])C(C)(C)N. The summed E-state index contributed by atoms with van der Waals surface area (Å²) in [4.78, 5) is 0. The van der Waals surface area contributed by atoms with Crippen LogP contribution in [-0.2, 0) is 0 Å². The Hall–Kier alpha value is 0.177. The van der Waals surface area contributed by atoms with Gasteiger partial charge in [0.05, 0.1) is 0 Å². The van der Waals surface area contributed by atoms with Crippen molar-refractivity contribution in [2.75, 3.05) is 0 Å². The zero-order valence-electron chi connectivity index (χ0n) is 5.65. The van der Waals surface area contributed by atoms with Crippen LogP contribution in [0.2, 0.25) is 5.54 Å². The van der Waals surface area contributed by atoms with Gasteiger partial charge in [-0.25, -0.2) is 0 Å². The highest BCUT2D eigenvalue weighted by atomic mass is 28.1. The summed E-state index contributed by atoms with van der Waals surface area (Å²) in [7, 11) is 1.20. The minimum absolute atomic E-state index is 0.0617. The molecule has 44 valence electrons. The van der Waals surface area contributed by atoms with Gasteiger partial charge in [0.1, 0.15) is 0 Å². The fraction of sp³-hybridized carbons (Fsp3) is 1.00. The van der Waals surface area contributed by atoms with Crippen LogP contribution >= 0.6 is 0 Å². The van der Waals surface area contributed by atoms with E-state index in [2.05, 4.69) is 20.8 Å². The van der Waals surface area contributed by atoms with E-state index in [0.29, 0.717) is 5.54 Å². The minimum atomic E-state index is 0.0617. The zero-order chi connectivity index (χ0) is 6.08. The Morgan fingerprint density at radius 3 is 1.71 bits per heavy atom. The molecule has 0 aliphatic rings. The van der Waals surface area contributed by atoms with Crippen molar-refractivity contribution in [1.82, 2.24) is 0 Å². The van der Waals surface area contributed by atoms with Gasteiger partial charge >= 0.3 is 0 Å². The number of hydrogen-bond donors (Lipinski definition) is 1. The van der Waals surface area contributed by atoms with E-state index in [1.54, 1.807) is 0 Å². The summed E-state index contributed by atoms with van der Waals surface area (Å²) in [5.74, 6) is 0. The summed E-state index contributed by atoms with van der Waals surface area (Å²) in [6.07, 6.45) is 0. The second-order valence-corrected chi connectivity index (χ2v) is 4.71. The summed E-state index contributed by atoms with van der Waals surface area (Å²) in [6, 6.07) is 0. The van der Waals surface area contributed by atoms with Gasteiger partial charge in [-0.1, -0.05) is 6.92 Å². The van der Waals surface area contributed by atoms with E-state index < -0.39 is 0 Å². The van der Waals surface area contributed by atoms with Gasteiger partial charge in [-0.05, 0) is 19.4 Å². The summed E-state index contributed by atoms with van der Waals surface area (Å²) < 4.78 is 0. The van der Waals surface area contributed by atoms with Crippen LogP contribution in [0.25, 0.3) is 0 Å². The quantitative estimate of drug-likeness (QED) is 0.477. The van der Waals surface area contributed by atoms with Crippen molar-refractivity contribution in [3.05, 3.63) is 0 Å². The van der Waals surface area contributed by atoms with E-state index in [-0.39, 0.29) is 5.54 Å². The first kappa shape index (κ1) is 7.18. The summed E-state index contributed by atoms with van der Waals surface area (Å²) in [6.45, 7) is 6.33. The molecule has 0 aliphatic carbocycles. The molecule has 0 amide bonds. The second-order valence-electron chi connectivity index (χ2n) is 2.98. The second kappa shape index (κ2) is 1.97. The molecule has 0 aliphatic heterocycles. The van der Waals surface area contributed by atoms with E-state index in [9.17, 15) is 0 Å². The molecule has 1 atom stereocenters. The Balaban J connectivity index is 3.54. The van der Waals surface area contributed by atoms with Crippen LogP contribution in [0.5, 0.6) is 0 Å². The van der Waals surface area contributed by atoms with Crippen LogP contribution in [0, 0.1) is 0 Å². The van der Waals surface area contributed by atoms with Gasteiger partial charge in [0, 0.05) is 15.8 Å². The molecular formula is C5H15NSi. The van der Waals surface area contributed by atoms with Crippen molar-refractivity contribution in [2.45, 2.75) is 31.9 Å². The first-order valence-electron chi connectivity index (χ1n) is 2.73. The van der Waals surface area contributed by atoms with Crippen LogP contribution in [0.15, 0.2) is 0 Å². The van der Waals surface area contributed by atoms with Crippen molar-refractivity contribution in [3.63, 3.8) is 0 Å². The maximum Gasteiger partial charge on any atom is 0.00905 e. The molecule has 0 radical (unpaired) electrons. The lowest BCUT2D eigenvalue weighted by Gasteiger charge is -2.22. The lowest BCUT2D eigenvalue weighted by atomic mass is 10.0. The molecule has 0 bridgehead atoms. The molecule has 0 rings (SSSR count). The lowest BCUT2D eigenvalue weighted by Crippen LogP contribution is -2.35. The van der Waals surface area contributed by atoms with Crippen LogP contribution in [0.4, 0.5) is 0 Å². The van der Waals surface area contributed by atoms with Crippen molar-refractivity contribution in [1.29, 1.82) is 0 Å². The fourth-order valence-electron chi connectivity index (χ4n) is 0. The van der Waals surface area contributed by atoms with Crippen LogP contribution in [-0.4, -0.2) is 15.8 Å². The van der Waals surface area contributed by atoms with Gasteiger partial charge in [0.2, 0.25) is 0 Å². The number of hydrogen-bond acceptors (Lipinski definition) is 1. The predicted molar refractivity (Wildman–Crippen MR) is 37.6 cm³/mol. The average Bonchev–Trinajstić information content (AvgIpc) is 1.31. The third-order valence-corrected chi connectivity index (χ3v) is 2.98. The molecule has 2 N–H and O–H groups in total. The van der Waals surface area contributed by atoms with E-state index in [4.69, 9.17) is 5.73 Å². The Kier molecular flexibility index (Phi) is 2.02. The minimum Gasteiger partial charge on any atom is -0.326 e. The maximum absolute atomic E-state index is 5.71. The van der Waals surface area contributed by atoms with Gasteiger partial charge in [-0.3, -0.25) is 0 Å². The standard InChI is InChI=1S/C5H15NSi/c1-4(7)5(2,3)6/h4H,6H2,1-3,7H3. The van der Waals surface area contributed by atoms with E-state index in [1.165, 1.54) is 10.2 Å². The molecule has 0 aromatic carbocycles. The predicted octanol–water partition coefficient (Wildman–Crippen LogP) is -0.103. The van der Waals surface area contributed by atoms with E-state index in [0.717, 1.165) is 0 Å². The zero-order valence-corrected chi connectivity index (χ0v) is 7.65. The summed E-state index contributed by atoms with van der Waals surface area (Å²) >= 11 is 0. The molecule has 1 nitrogen and oxygen atoms in total. The molecule has 0 heterocycles. The molecule has 0 fully saturated rings. The maximum atomic E-state index is 5.71. The first-order chi connectivity index (χ1) is 2.94. The highest BCUT2D eigenvalue weighted by molar-refractivity contribution is 6.12. The fourth-order valence-corrected chi connectivity index (χ4v) is 0. The Morgan fingerprint density at radius 1 is 1.57 bits per heavy atom. The third-order valence-electron chi connectivity index (χ3n) is 1.49. The van der Waals surface area contributed by atoms with Crippen LogP contribution in [0.3, 0.4) is 0 Å². The number of rotatable bonds is 1. The smallest absolute Gasteiger partial charge is 0.00905 e. The van der Waals surface area contributed by atoms with Crippen molar-refractivity contribution >= 4 is 10.2 Å². The molecule has 7 heavy (non-hydrogen) atoms. The molecule has 0 aromatic heterocycles. The molecule has 2 heteroatoms. The third kappa shape index (κ3) is 2.82. The van der Waals surface area contributed by atoms with Crippen molar-refractivity contribution in [3.8, 4) is 0 Å². The van der Waals surface area contributed by atoms with Gasteiger partial charge in [0.15, 0.2) is 0 Å².